The van der Waals surface area contributed by atoms with Gasteiger partial charge in [-0.3, -0.25) is 9.59 Å². The van der Waals surface area contributed by atoms with Gasteiger partial charge in [-0.25, -0.2) is 8.79 Å². The Hall–Kier alpha value is -6.75. The van der Waals surface area contributed by atoms with E-state index in [1.807, 2.05) is 116 Å². The number of hydrogen-bond acceptors (Lipinski definition) is 7. The van der Waals surface area contributed by atoms with Gasteiger partial charge in [0, 0.05) is 57.4 Å². The minimum absolute atomic E-state index is 0.0846. The van der Waals surface area contributed by atoms with Crippen molar-refractivity contribution < 1.29 is 21.9 Å². The van der Waals surface area contributed by atoms with Crippen LogP contribution in [0.25, 0.3) is 10.8 Å². The third-order valence-corrected chi connectivity index (χ3v) is 13.6. The van der Waals surface area contributed by atoms with E-state index in [4.69, 9.17) is 0 Å². The van der Waals surface area contributed by atoms with E-state index in [9.17, 15) is 9.59 Å². The maximum atomic E-state index is 15.2. The lowest BCUT2D eigenvalue weighted by molar-refractivity contribution is -0.848. The molecule has 1 aliphatic rings. The number of imide groups is 1. The molecule has 0 atom stereocenters. The van der Waals surface area contributed by atoms with Crippen LogP contribution in [0.5, 0.6) is 0 Å². The first-order valence-electron chi connectivity index (χ1n) is 20.2. The van der Waals surface area contributed by atoms with E-state index >= 15 is 8.42 Å². The van der Waals surface area contributed by atoms with Crippen molar-refractivity contribution in [1.29, 1.82) is 0 Å². The van der Waals surface area contributed by atoms with Gasteiger partial charge < -0.3 is 4.90 Å². The van der Waals surface area contributed by atoms with Crippen molar-refractivity contribution in [2.45, 2.75) is 45.3 Å². The number of hydrogen-bond donors (Lipinski definition) is 0. The number of amides is 2. The highest BCUT2D eigenvalue weighted by molar-refractivity contribution is 7.86. The first kappa shape index (κ1) is 40.0. The minimum atomic E-state index is -4.13. The molecule has 0 N–H and O–H groups in total. The van der Waals surface area contributed by atoms with E-state index in [2.05, 4.69) is 35.0 Å². The average molecular weight is 813 g/mol. The number of anilines is 2. The molecule has 0 fully saturated rings. The second-order valence-electron chi connectivity index (χ2n) is 15.1. The Balaban J connectivity index is 1.13. The summed E-state index contributed by atoms with van der Waals surface area (Å²) in [6, 6.07) is 49.9. The Bertz CT molecular complexity index is 2700. The second kappa shape index (κ2) is 16.8. The predicted molar refractivity (Wildman–Crippen MR) is 238 cm³/mol. The number of nitrogens with zero attached hydrogens (tertiary/aromatic N) is 5. The smallest absolute Gasteiger partial charge is 0.328 e. The summed E-state index contributed by atoms with van der Waals surface area (Å²) in [5, 5.41) is 10.3. The van der Waals surface area contributed by atoms with Gasteiger partial charge >= 0.3 is 10.0 Å². The fourth-order valence-electron chi connectivity index (χ4n) is 8.21. The number of benzene rings is 7. The topological polar surface area (TPSA) is 99.5 Å². The first-order chi connectivity index (χ1) is 29.1. The minimum Gasteiger partial charge on any atom is -0.372 e. The number of carbonyl (C=O) groups excluding carboxylic acids is 2. The van der Waals surface area contributed by atoms with Crippen molar-refractivity contribution in [3.63, 3.8) is 0 Å². The molecule has 8 rings (SSSR count). The Morgan fingerprint density at radius 1 is 0.567 bits per heavy atom. The van der Waals surface area contributed by atoms with Crippen LogP contribution in [0.4, 0.5) is 22.7 Å². The number of quaternary nitrogens is 1. The third-order valence-electron chi connectivity index (χ3n) is 11.3. The van der Waals surface area contributed by atoms with Gasteiger partial charge in [-0.05, 0) is 87.0 Å². The molecule has 9 nitrogen and oxygen atoms in total. The molecule has 0 spiro atoms. The van der Waals surface area contributed by atoms with E-state index in [1.54, 1.807) is 36.4 Å². The van der Waals surface area contributed by atoms with Crippen LogP contribution in [0, 0.1) is 6.92 Å². The molecule has 0 bridgehead atoms. The standard InChI is InChI=1S/C50H46N5O4S/c1-4-53(5-2)41-26-30-46(36(3)32-41)51-52-47-31-29-45-48-43(47)22-15-23-44(48)49(56)54(50(45)57)40-24-27-42(28-25-40)60(58,59)55(33-37-16-9-6-10-17-37,34-38-18-11-7-12-19-38)35-39-20-13-8-14-21-39/h6-32H,4-5,33-35H2,1-3H3/q+1. The quantitative estimate of drug-likeness (QED) is 0.0618. The zero-order valence-electron chi connectivity index (χ0n) is 33.9. The summed E-state index contributed by atoms with van der Waals surface area (Å²) in [4.78, 5) is 32.0. The highest BCUT2D eigenvalue weighted by atomic mass is 32.2. The highest BCUT2D eigenvalue weighted by Crippen LogP contribution is 2.39. The van der Waals surface area contributed by atoms with Crippen LogP contribution in [0.3, 0.4) is 0 Å². The Morgan fingerprint density at radius 3 is 1.58 bits per heavy atom. The summed E-state index contributed by atoms with van der Waals surface area (Å²) >= 11 is 0. The van der Waals surface area contributed by atoms with E-state index < -0.39 is 21.8 Å². The molecule has 0 saturated heterocycles. The van der Waals surface area contributed by atoms with E-state index in [0.717, 1.165) is 51.6 Å². The van der Waals surface area contributed by atoms with Crippen LogP contribution in [0.1, 0.15) is 56.8 Å². The number of aryl methyl sites for hydroxylation is 1. The second-order valence-corrected chi connectivity index (χ2v) is 17.3. The Kier molecular flexibility index (Phi) is 11.2. The van der Waals surface area contributed by atoms with Crippen molar-refractivity contribution in [3.8, 4) is 0 Å². The van der Waals surface area contributed by atoms with Gasteiger partial charge in [0.15, 0.2) is 0 Å². The zero-order valence-corrected chi connectivity index (χ0v) is 34.7. The van der Waals surface area contributed by atoms with Gasteiger partial charge in [-0.2, -0.15) is 13.5 Å². The van der Waals surface area contributed by atoms with E-state index in [1.165, 1.54) is 12.1 Å². The lowest BCUT2D eigenvalue weighted by Gasteiger charge is -2.37. The van der Waals surface area contributed by atoms with Crippen LogP contribution < -0.4 is 9.80 Å². The molecule has 1 aliphatic heterocycles. The summed E-state index contributed by atoms with van der Waals surface area (Å²) in [6.07, 6.45) is 0. The molecule has 7 aromatic carbocycles. The van der Waals surface area contributed by atoms with Crippen LogP contribution in [-0.4, -0.2) is 37.2 Å². The molecular formula is C50H46N5O4S+. The fourth-order valence-corrected chi connectivity index (χ4v) is 10.1. The fraction of sp³-hybridized carbons (Fsp3) is 0.160. The number of rotatable bonds is 14. The van der Waals surface area contributed by atoms with Gasteiger partial charge in [0.25, 0.3) is 11.8 Å². The average Bonchev–Trinajstić information content (AvgIpc) is 3.27. The molecule has 300 valence electrons. The number of azo groups is 1. The molecule has 1 heterocycles. The van der Waals surface area contributed by atoms with Crippen molar-refractivity contribution >= 4 is 55.4 Å². The summed E-state index contributed by atoms with van der Waals surface area (Å²) in [6.45, 7) is 8.69. The van der Waals surface area contributed by atoms with E-state index in [-0.39, 0.29) is 34.1 Å². The van der Waals surface area contributed by atoms with Crippen molar-refractivity contribution in [3.05, 3.63) is 197 Å². The van der Waals surface area contributed by atoms with Crippen LogP contribution >= 0.6 is 0 Å². The lowest BCUT2D eigenvalue weighted by Crippen LogP contribution is -2.50. The van der Waals surface area contributed by atoms with Crippen molar-refractivity contribution in [2.24, 2.45) is 10.2 Å². The number of carbonyl (C=O) groups is 2. The summed E-state index contributed by atoms with van der Waals surface area (Å²) in [5.41, 5.74) is 6.98. The zero-order chi connectivity index (χ0) is 41.9. The molecule has 0 unspecified atom stereocenters. The molecule has 60 heavy (non-hydrogen) atoms. The van der Waals surface area contributed by atoms with Gasteiger partial charge in [0.05, 0.1) is 17.1 Å². The Labute approximate surface area is 351 Å². The lowest BCUT2D eigenvalue weighted by atomic mass is 9.93. The molecule has 0 aliphatic carbocycles. The van der Waals surface area contributed by atoms with Gasteiger partial charge in [-0.15, -0.1) is 5.11 Å². The molecular weight excluding hydrogens is 767 g/mol. The summed E-state index contributed by atoms with van der Waals surface area (Å²) in [5.74, 6) is -1.01. The maximum absolute atomic E-state index is 15.2. The monoisotopic (exact) mass is 812 g/mol. The van der Waals surface area contributed by atoms with Crippen molar-refractivity contribution in [1.82, 2.24) is 0 Å². The third kappa shape index (κ3) is 7.63. The Morgan fingerprint density at radius 2 is 1.07 bits per heavy atom. The molecule has 0 radical (unpaired) electrons. The molecule has 0 aromatic heterocycles. The molecule has 2 amide bonds. The summed E-state index contributed by atoms with van der Waals surface area (Å²) < 4.78 is 30.2. The maximum Gasteiger partial charge on any atom is 0.328 e. The van der Waals surface area contributed by atoms with Crippen LogP contribution in [0.2, 0.25) is 0 Å². The van der Waals surface area contributed by atoms with Gasteiger partial charge in [0.1, 0.15) is 24.5 Å². The van der Waals surface area contributed by atoms with Crippen LogP contribution in [0.15, 0.2) is 179 Å². The van der Waals surface area contributed by atoms with Crippen molar-refractivity contribution in [2.75, 3.05) is 22.9 Å². The molecule has 10 heteroatoms. The number of sulfonamides is 1. The molecule has 0 saturated carbocycles. The highest BCUT2D eigenvalue weighted by Gasteiger charge is 2.44. The largest absolute Gasteiger partial charge is 0.372 e. The van der Waals surface area contributed by atoms with Gasteiger partial charge in [0.2, 0.25) is 0 Å². The first-order valence-corrected chi connectivity index (χ1v) is 21.6. The molecule has 7 aromatic rings. The summed E-state index contributed by atoms with van der Waals surface area (Å²) in [7, 11) is -4.13. The van der Waals surface area contributed by atoms with E-state index in [0.29, 0.717) is 27.6 Å². The van der Waals surface area contributed by atoms with Crippen LogP contribution in [-0.2, 0) is 29.7 Å². The normalized spacial score (nSPS) is 13.0. The van der Waals surface area contributed by atoms with Gasteiger partial charge in [-0.1, -0.05) is 103 Å². The SMILES string of the molecule is CCN(CC)c1ccc(N=Nc2ccc3c4c(cccc24)C(=O)N(c2ccc(S(=O)(=O)[N+](Cc4ccccc4)(Cc4ccccc4)Cc4ccccc4)cc2)C3=O)c(C)c1. The predicted octanol–water partition coefficient (Wildman–Crippen LogP) is 11.3.